The standard InChI is InChI=1S/C28H19F5/c1-2-3-4-17-5-8-19(9-6-17)21-12-11-20(23(29)15-21)10-7-18-13-22-16-25(31)27(32)28(33)26(22)24(30)14-18/h5-6,8-9,11-16H,2-4H2,1H3. The summed E-state index contributed by atoms with van der Waals surface area (Å²) in [5.74, 6) is -1.16. The zero-order valence-corrected chi connectivity index (χ0v) is 17.8. The van der Waals surface area contributed by atoms with Crippen molar-refractivity contribution in [3.8, 4) is 23.0 Å². The van der Waals surface area contributed by atoms with Crippen LogP contribution in [0.15, 0.2) is 60.7 Å². The smallest absolute Gasteiger partial charge is 0.195 e. The summed E-state index contributed by atoms with van der Waals surface area (Å²) >= 11 is 0. The van der Waals surface area contributed by atoms with E-state index in [0.29, 0.717) is 11.6 Å². The maximum Gasteiger partial charge on any atom is 0.195 e. The van der Waals surface area contributed by atoms with E-state index in [-0.39, 0.29) is 16.5 Å². The highest BCUT2D eigenvalue weighted by molar-refractivity contribution is 5.85. The molecule has 0 heterocycles. The monoisotopic (exact) mass is 450 g/mol. The van der Waals surface area contributed by atoms with Crippen LogP contribution in [0.5, 0.6) is 0 Å². The fraction of sp³-hybridized carbons (Fsp3) is 0.143. The Morgan fingerprint density at radius 3 is 2.09 bits per heavy atom. The summed E-state index contributed by atoms with van der Waals surface area (Å²) < 4.78 is 69.7. The van der Waals surface area contributed by atoms with Gasteiger partial charge in [-0.05, 0) is 65.3 Å². The molecule has 0 aliphatic carbocycles. The second-order valence-electron chi connectivity index (χ2n) is 7.79. The molecule has 0 bridgehead atoms. The van der Waals surface area contributed by atoms with Gasteiger partial charge in [0.25, 0.3) is 0 Å². The van der Waals surface area contributed by atoms with Crippen LogP contribution >= 0.6 is 0 Å². The summed E-state index contributed by atoms with van der Waals surface area (Å²) in [6.07, 6.45) is 3.24. The van der Waals surface area contributed by atoms with E-state index in [4.69, 9.17) is 0 Å². The van der Waals surface area contributed by atoms with Gasteiger partial charge < -0.3 is 0 Å². The Labute approximate surface area is 188 Å². The molecule has 0 nitrogen and oxygen atoms in total. The normalized spacial score (nSPS) is 10.8. The highest BCUT2D eigenvalue weighted by Crippen LogP contribution is 2.27. The molecule has 0 radical (unpaired) electrons. The molecule has 4 aromatic rings. The fourth-order valence-corrected chi connectivity index (χ4v) is 3.64. The molecule has 0 atom stereocenters. The first-order valence-corrected chi connectivity index (χ1v) is 10.5. The van der Waals surface area contributed by atoms with E-state index in [0.717, 1.165) is 30.9 Å². The number of halogens is 5. The molecule has 166 valence electrons. The Morgan fingerprint density at radius 1 is 0.667 bits per heavy atom. The van der Waals surface area contributed by atoms with E-state index in [1.165, 1.54) is 23.8 Å². The summed E-state index contributed by atoms with van der Waals surface area (Å²) in [5, 5.41) is -0.829. The average Bonchev–Trinajstić information content (AvgIpc) is 2.80. The quantitative estimate of drug-likeness (QED) is 0.168. The van der Waals surface area contributed by atoms with Gasteiger partial charge in [0.15, 0.2) is 17.5 Å². The van der Waals surface area contributed by atoms with Gasteiger partial charge in [0.05, 0.1) is 10.9 Å². The molecule has 0 amide bonds. The molecule has 0 aromatic heterocycles. The van der Waals surface area contributed by atoms with Crippen molar-refractivity contribution in [2.75, 3.05) is 0 Å². The van der Waals surface area contributed by atoms with Crippen molar-refractivity contribution >= 4 is 10.8 Å². The Balaban J connectivity index is 1.61. The molecule has 4 aromatic carbocycles. The van der Waals surface area contributed by atoms with E-state index >= 15 is 0 Å². The van der Waals surface area contributed by atoms with E-state index in [1.54, 1.807) is 6.07 Å². The Hall–Kier alpha value is -3.65. The predicted octanol–water partition coefficient (Wildman–Crippen LogP) is 7.94. The predicted molar refractivity (Wildman–Crippen MR) is 120 cm³/mol. The van der Waals surface area contributed by atoms with E-state index in [1.807, 2.05) is 24.3 Å². The van der Waals surface area contributed by atoms with Crippen molar-refractivity contribution < 1.29 is 22.0 Å². The van der Waals surface area contributed by atoms with Gasteiger partial charge in [0.2, 0.25) is 0 Å². The lowest BCUT2D eigenvalue weighted by Crippen LogP contribution is -1.95. The van der Waals surface area contributed by atoms with Crippen molar-refractivity contribution in [2.45, 2.75) is 26.2 Å². The van der Waals surface area contributed by atoms with Crippen LogP contribution < -0.4 is 0 Å². The van der Waals surface area contributed by atoms with Gasteiger partial charge in [-0.1, -0.05) is 55.5 Å². The molecule has 33 heavy (non-hydrogen) atoms. The number of hydrogen-bond acceptors (Lipinski definition) is 0. The van der Waals surface area contributed by atoms with Crippen molar-refractivity contribution in [3.63, 3.8) is 0 Å². The molecule has 0 aliphatic heterocycles. The second kappa shape index (κ2) is 9.46. The van der Waals surface area contributed by atoms with Crippen LogP contribution in [0.2, 0.25) is 0 Å². The molecule has 0 saturated carbocycles. The second-order valence-corrected chi connectivity index (χ2v) is 7.79. The van der Waals surface area contributed by atoms with Gasteiger partial charge in [0.1, 0.15) is 11.6 Å². The van der Waals surface area contributed by atoms with Gasteiger partial charge in [-0.15, -0.1) is 0 Å². The maximum atomic E-state index is 14.6. The Kier molecular flexibility index (Phi) is 6.46. The van der Waals surface area contributed by atoms with Crippen LogP contribution in [-0.2, 0) is 6.42 Å². The molecular weight excluding hydrogens is 431 g/mol. The van der Waals surface area contributed by atoms with Crippen LogP contribution in [-0.4, -0.2) is 0 Å². The summed E-state index contributed by atoms with van der Waals surface area (Å²) in [4.78, 5) is 0. The van der Waals surface area contributed by atoms with Crippen LogP contribution in [0.3, 0.4) is 0 Å². The summed E-state index contributed by atoms with van der Waals surface area (Å²) in [6, 6.07) is 15.4. The lowest BCUT2D eigenvalue weighted by Gasteiger charge is -2.06. The molecule has 0 N–H and O–H groups in total. The minimum atomic E-state index is -1.74. The molecule has 0 spiro atoms. The first-order chi connectivity index (χ1) is 15.9. The number of unbranched alkanes of at least 4 members (excludes halogenated alkanes) is 1. The fourth-order valence-electron chi connectivity index (χ4n) is 3.64. The third kappa shape index (κ3) is 4.75. The van der Waals surface area contributed by atoms with Crippen LogP contribution in [0, 0.1) is 40.9 Å². The Morgan fingerprint density at radius 2 is 1.39 bits per heavy atom. The maximum absolute atomic E-state index is 14.6. The third-order valence-corrected chi connectivity index (χ3v) is 5.44. The van der Waals surface area contributed by atoms with Gasteiger partial charge in [-0.2, -0.15) is 0 Å². The number of rotatable bonds is 4. The highest BCUT2D eigenvalue weighted by atomic mass is 19.2. The molecule has 0 aliphatic rings. The third-order valence-electron chi connectivity index (χ3n) is 5.44. The van der Waals surface area contributed by atoms with Crippen molar-refractivity contribution in [1.82, 2.24) is 0 Å². The van der Waals surface area contributed by atoms with Crippen molar-refractivity contribution in [3.05, 3.63) is 106 Å². The first kappa shape index (κ1) is 22.5. The molecule has 5 heteroatoms. The number of benzene rings is 4. The SMILES string of the molecule is CCCCc1ccc(-c2ccc(C#Cc3cc(F)c4c(F)c(F)c(F)cc4c3)c(F)c2)cc1. The largest absolute Gasteiger partial charge is 0.206 e. The molecule has 0 fully saturated rings. The zero-order valence-electron chi connectivity index (χ0n) is 17.8. The zero-order chi connectivity index (χ0) is 23.5. The highest BCUT2D eigenvalue weighted by Gasteiger charge is 2.17. The minimum absolute atomic E-state index is 0.0801. The molecule has 0 saturated heterocycles. The first-order valence-electron chi connectivity index (χ1n) is 10.5. The molecular formula is C28H19F5. The van der Waals surface area contributed by atoms with E-state index in [2.05, 4.69) is 18.8 Å². The lowest BCUT2D eigenvalue weighted by atomic mass is 10.0. The van der Waals surface area contributed by atoms with Crippen LogP contribution in [0.1, 0.15) is 36.5 Å². The van der Waals surface area contributed by atoms with Crippen molar-refractivity contribution in [2.24, 2.45) is 0 Å². The van der Waals surface area contributed by atoms with Crippen molar-refractivity contribution in [1.29, 1.82) is 0 Å². The summed E-state index contributed by atoms with van der Waals surface area (Å²) in [7, 11) is 0. The van der Waals surface area contributed by atoms with Gasteiger partial charge in [-0.3, -0.25) is 0 Å². The number of fused-ring (bicyclic) bond motifs is 1. The topological polar surface area (TPSA) is 0 Å². The van der Waals surface area contributed by atoms with E-state index in [9.17, 15) is 22.0 Å². The number of hydrogen-bond donors (Lipinski definition) is 0. The lowest BCUT2D eigenvalue weighted by molar-refractivity contribution is 0.451. The van der Waals surface area contributed by atoms with Gasteiger partial charge in [-0.25, -0.2) is 22.0 Å². The molecule has 0 unspecified atom stereocenters. The average molecular weight is 450 g/mol. The Bertz CT molecular complexity index is 1390. The summed E-state index contributed by atoms with van der Waals surface area (Å²) in [5.41, 5.74) is 2.98. The minimum Gasteiger partial charge on any atom is -0.206 e. The molecule has 4 rings (SSSR count). The van der Waals surface area contributed by atoms with Gasteiger partial charge in [0, 0.05) is 5.56 Å². The van der Waals surface area contributed by atoms with Gasteiger partial charge >= 0.3 is 0 Å². The number of aryl methyl sites for hydroxylation is 1. The van der Waals surface area contributed by atoms with Crippen LogP contribution in [0.4, 0.5) is 22.0 Å². The van der Waals surface area contributed by atoms with E-state index < -0.39 is 34.5 Å². The summed E-state index contributed by atoms with van der Waals surface area (Å²) in [6.45, 7) is 2.14. The van der Waals surface area contributed by atoms with Crippen LogP contribution in [0.25, 0.3) is 21.9 Å².